The number of aromatic nitrogens is 3. The molecule has 0 unspecified atom stereocenters. The molecule has 0 atom stereocenters. The third-order valence-corrected chi connectivity index (χ3v) is 3.82. The Balaban J connectivity index is 1.85. The average molecular weight is 335 g/mol. The van der Waals surface area contributed by atoms with Gasteiger partial charge in [-0.2, -0.15) is 10.1 Å². The molecule has 3 rings (SSSR count). The van der Waals surface area contributed by atoms with Gasteiger partial charge in [0.25, 0.3) is 0 Å². The highest BCUT2D eigenvalue weighted by molar-refractivity contribution is 5.65. The minimum Gasteiger partial charge on any atom is -0.495 e. The van der Waals surface area contributed by atoms with Crippen LogP contribution in [-0.4, -0.2) is 22.3 Å². The van der Waals surface area contributed by atoms with Gasteiger partial charge in [-0.3, -0.25) is 0 Å². The van der Waals surface area contributed by atoms with Gasteiger partial charge in [-0.05, 0) is 55.7 Å². The summed E-state index contributed by atoms with van der Waals surface area (Å²) < 4.78 is 5.37. The van der Waals surface area contributed by atoms with E-state index in [4.69, 9.17) is 4.74 Å². The van der Waals surface area contributed by atoms with Crippen molar-refractivity contribution in [2.75, 3.05) is 17.7 Å². The predicted octanol–water partition coefficient (Wildman–Crippen LogP) is 4.29. The molecule has 0 aliphatic rings. The minimum atomic E-state index is 0.402. The normalized spacial score (nSPS) is 10.4. The SMILES string of the molecule is COc1ccc(C)cc1Nc1nncc(Nc2cc(C)ccc2C)n1. The fourth-order valence-electron chi connectivity index (χ4n) is 2.47. The molecular weight excluding hydrogens is 314 g/mol. The first-order valence-electron chi connectivity index (χ1n) is 8.01. The first kappa shape index (κ1) is 16.7. The van der Waals surface area contributed by atoms with Crippen LogP contribution in [0.3, 0.4) is 0 Å². The summed E-state index contributed by atoms with van der Waals surface area (Å²) in [5, 5.41) is 14.5. The lowest BCUT2D eigenvalue weighted by molar-refractivity contribution is 0.416. The molecule has 25 heavy (non-hydrogen) atoms. The summed E-state index contributed by atoms with van der Waals surface area (Å²) in [6.07, 6.45) is 1.60. The van der Waals surface area contributed by atoms with Crippen LogP contribution in [0.2, 0.25) is 0 Å². The Labute approximate surface area is 147 Å². The van der Waals surface area contributed by atoms with Gasteiger partial charge in [0, 0.05) is 5.69 Å². The van der Waals surface area contributed by atoms with Gasteiger partial charge < -0.3 is 15.4 Å². The lowest BCUT2D eigenvalue weighted by Gasteiger charge is -2.12. The summed E-state index contributed by atoms with van der Waals surface area (Å²) >= 11 is 0. The highest BCUT2D eigenvalue weighted by Gasteiger charge is 2.08. The van der Waals surface area contributed by atoms with Gasteiger partial charge in [0.05, 0.1) is 19.0 Å². The largest absolute Gasteiger partial charge is 0.495 e. The van der Waals surface area contributed by atoms with E-state index in [1.807, 2.05) is 32.0 Å². The predicted molar refractivity (Wildman–Crippen MR) is 100 cm³/mol. The monoisotopic (exact) mass is 335 g/mol. The molecule has 128 valence electrons. The summed E-state index contributed by atoms with van der Waals surface area (Å²) in [6, 6.07) is 12.1. The molecule has 0 aliphatic carbocycles. The number of ether oxygens (including phenoxy) is 1. The van der Waals surface area contributed by atoms with E-state index in [1.54, 1.807) is 13.3 Å². The molecule has 0 saturated carbocycles. The zero-order valence-electron chi connectivity index (χ0n) is 14.8. The quantitative estimate of drug-likeness (QED) is 0.724. The molecule has 6 heteroatoms. The van der Waals surface area contributed by atoms with Crippen LogP contribution < -0.4 is 15.4 Å². The first-order valence-corrected chi connectivity index (χ1v) is 8.01. The number of anilines is 4. The topological polar surface area (TPSA) is 72.0 Å². The van der Waals surface area contributed by atoms with Crippen molar-refractivity contribution in [3.63, 3.8) is 0 Å². The van der Waals surface area contributed by atoms with Gasteiger partial charge >= 0.3 is 0 Å². The van der Waals surface area contributed by atoms with Crippen LogP contribution in [0.5, 0.6) is 5.75 Å². The molecule has 0 bridgehead atoms. The van der Waals surface area contributed by atoms with E-state index >= 15 is 0 Å². The average Bonchev–Trinajstić information content (AvgIpc) is 2.59. The molecule has 1 aromatic heterocycles. The molecule has 2 N–H and O–H groups in total. The van der Waals surface area contributed by atoms with Gasteiger partial charge in [-0.25, -0.2) is 0 Å². The Kier molecular flexibility index (Phi) is 4.79. The van der Waals surface area contributed by atoms with Gasteiger partial charge in [0.1, 0.15) is 5.75 Å². The van der Waals surface area contributed by atoms with Crippen LogP contribution in [0.15, 0.2) is 42.6 Å². The standard InChI is InChI=1S/C19H21N5O/c1-12-5-7-14(3)15(9-12)21-18-11-20-24-19(23-18)22-16-10-13(2)6-8-17(16)25-4/h5-11H,1-4H3,(H2,21,22,23,24). The second-order valence-electron chi connectivity index (χ2n) is 5.94. The number of benzene rings is 2. The smallest absolute Gasteiger partial charge is 0.249 e. The van der Waals surface area contributed by atoms with E-state index in [0.29, 0.717) is 11.8 Å². The van der Waals surface area contributed by atoms with Crippen LogP contribution in [0.1, 0.15) is 16.7 Å². The summed E-state index contributed by atoms with van der Waals surface area (Å²) in [5.41, 5.74) is 5.23. The maximum Gasteiger partial charge on any atom is 0.249 e. The van der Waals surface area contributed by atoms with Crippen LogP contribution in [0.25, 0.3) is 0 Å². The second kappa shape index (κ2) is 7.17. The minimum absolute atomic E-state index is 0.402. The van der Waals surface area contributed by atoms with E-state index in [2.05, 4.69) is 50.9 Å². The van der Waals surface area contributed by atoms with Crippen molar-refractivity contribution in [1.82, 2.24) is 15.2 Å². The zero-order valence-corrected chi connectivity index (χ0v) is 14.8. The van der Waals surface area contributed by atoms with Gasteiger partial charge in [-0.15, -0.1) is 5.10 Å². The van der Waals surface area contributed by atoms with Crippen LogP contribution >= 0.6 is 0 Å². The highest BCUT2D eigenvalue weighted by Crippen LogP contribution is 2.28. The molecule has 0 aliphatic heterocycles. The maximum absolute atomic E-state index is 5.37. The fraction of sp³-hybridized carbons (Fsp3) is 0.211. The number of hydrogen-bond donors (Lipinski definition) is 2. The van der Waals surface area contributed by atoms with E-state index in [-0.39, 0.29) is 0 Å². The second-order valence-corrected chi connectivity index (χ2v) is 5.94. The lowest BCUT2D eigenvalue weighted by Crippen LogP contribution is -2.04. The summed E-state index contributed by atoms with van der Waals surface area (Å²) in [7, 11) is 1.63. The van der Waals surface area contributed by atoms with Crippen LogP contribution in [0, 0.1) is 20.8 Å². The third-order valence-electron chi connectivity index (χ3n) is 3.82. The van der Waals surface area contributed by atoms with Crippen molar-refractivity contribution in [2.45, 2.75) is 20.8 Å². The van der Waals surface area contributed by atoms with Crippen molar-refractivity contribution >= 4 is 23.1 Å². The summed E-state index contributed by atoms with van der Waals surface area (Å²) in [5.74, 6) is 1.75. The maximum atomic E-state index is 5.37. The Hall–Kier alpha value is -3.15. The molecule has 0 amide bonds. The van der Waals surface area contributed by atoms with Crippen LogP contribution in [-0.2, 0) is 0 Å². The summed E-state index contributed by atoms with van der Waals surface area (Å²) in [4.78, 5) is 4.49. The van der Waals surface area contributed by atoms with Gasteiger partial charge in [-0.1, -0.05) is 18.2 Å². The summed E-state index contributed by atoms with van der Waals surface area (Å²) in [6.45, 7) is 6.12. The molecule has 3 aromatic rings. The molecular formula is C19H21N5O. The first-order chi connectivity index (χ1) is 12.0. The highest BCUT2D eigenvalue weighted by atomic mass is 16.5. The van der Waals surface area contributed by atoms with Gasteiger partial charge in [0.2, 0.25) is 5.95 Å². The van der Waals surface area contributed by atoms with E-state index in [9.17, 15) is 0 Å². The van der Waals surface area contributed by atoms with Crippen LogP contribution in [0.4, 0.5) is 23.1 Å². The van der Waals surface area contributed by atoms with Crippen molar-refractivity contribution in [3.8, 4) is 5.75 Å². The molecule has 0 saturated heterocycles. The Morgan fingerprint density at radius 3 is 2.36 bits per heavy atom. The zero-order chi connectivity index (χ0) is 17.8. The molecule has 0 fully saturated rings. The molecule has 0 radical (unpaired) electrons. The van der Waals surface area contributed by atoms with Gasteiger partial charge in [0.15, 0.2) is 5.82 Å². The number of rotatable bonds is 5. The third kappa shape index (κ3) is 4.03. The number of hydrogen-bond acceptors (Lipinski definition) is 6. The Morgan fingerprint density at radius 1 is 0.880 bits per heavy atom. The van der Waals surface area contributed by atoms with Crippen molar-refractivity contribution in [1.29, 1.82) is 0 Å². The van der Waals surface area contributed by atoms with Crippen molar-refractivity contribution < 1.29 is 4.74 Å². The fourth-order valence-corrected chi connectivity index (χ4v) is 2.47. The van der Waals surface area contributed by atoms with Crippen molar-refractivity contribution in [3.05, 3.63) is 59.3 Å². The lowest BCUT2D eigenvalue weighted by atomic mass is 10.1. The van der Waals surface area contributed by atoms with Crippen molar-refractivity contribution in [2.24, 2.45) is 0 Å². The Bertz CT molecular complexity index is 895. The number of nitrogens with one attached hydrogen (secondary N) is 2. The molecule has 6 nitrogen and oxygen atoms in total. The molecule has 1 heterocycles. The molecule has 0 spiro atoms. The van der Waals surface area contributed by atoms with E-state index in [0.717, 1.165) is 28.3 Å². The Morgan fingerprint density at radius 2 is 1.60 bits per heavy atom. The van der Waals surface area contributed by atoms with E-state index < -0.39 is 0 Å². The number of aryl methyl sites for hydroxylation is 3. The molecule has 2 aromatic carbocycles. The van der Waals surface area contributed by atoms with E-state index in [1.165, 1.54) is 5.56 Å². The number of methoxy groups -OCH3 is 1. The number of nitrogens with zero attached hydrogens (tertiary/aromatic N) is 3.